The van der Waals surface area contributed by atoms with Crippen LogP contribution in [0, 0.1) is 0 Å². The summed E-state index contributed by atoms with van der Waals surface area (Å²) in [6, 6.07) is -1.38. The molecule has 2 N–H and O–H groups in total. The first kappa shape index (κ1) is 13.0. The van der Waals surface area contributed by atoms with Crippen molar-refractivity contribution in [3.8, 4) is 0 Å². The summed E-state index contributed by atoms with van der Waals surface area (Å²) in [5, 5.41) is 10.6. The molecular formula is C7H11NO7. The molecule has 0 aromatic heterocycles. The highest BCUT2D eigenvalue weighted by Crippen LogP contribution is 1.90. The van der Waals surface area contributed by atoms with Gasteiger partial charge in [0.15, 0.2) is 6.04 Å². The quantitative estimate of drug-likeness (QED) is 0.620. The number of amides is 1. The van der Waals surface area contributed by atoms with E-state index in [2.05, 4.69) is 14.2 Å². The first-order valence-electron chi connectivity index (χ1n) is 3.79. The number of nitrogens with one attached hydrogen (secondary N) is 1. The summed E-state index contributed by atoms with van der Waals surface area (Å²) in [6.07, 6.45) is -1.97. The van der Waals surface area contributed by atoms with E-state index in [4.69, 9.17) is 5.11 Å². The van der Waals surface area contributed by atoms with Gasteiger partial charge in [-0.05, 0) is 0 Å². The minimum Gasteiger partial charge on any atom is -0.480 e. The highest BCUT2D eigenvalue weighted by Gasteiger charge is 2.22. The molecule has 0 saturated carbocycles. The number of aliphatic carboxylic acids is 1. The fourth-order valence-electron chi connectivity index (χ4n) is 0.586. The van der Waals surface area contributed by atoms with Crippen LogP contribution in [0.4, 0.5) is 9.59 Å². The monoisotopic (exact) mass is 221 g/mol. The molecule has 8 nitrogen and oxygen atoms in total. The molecule has 0 aliphatic rings. The predicted molar refractivity (Wildman–Crippen MR) is 45.3 cm³/mol. The van der Waals surface area contributed by atoms with E-state index in [0.29, 0.717) is 0 Å². The number of hydrogen-bond donors (Lipinski definition) is 2. The van der Waals surface area contributed by atoms with Gasteiger partial charge in [0.25, 0.3) is 0 Å². The molecule has 0 aromatic carbocycles. The number of carboxylic acids is 1. The highest BCUT2D eigenvalue weighted by atomic mass is 16.7. The van der Waals surface area contributed by atoms with Gasteiger partial charge in [-0.25, -0.2) is 14.4 Å². The molecule has 8 heteroatoms. The molecule has 0 heterocycles. The van der Waals surface area contributed by atoms with E-state index in [1.165, 1.54) is 0 Å². The van der Waals surface area contributed by atoms with E-state index in [-0.39, 0.29) is 0 Å². The summed E-state index contributed by atoms with van der Waals surface area (Å²) in [4.78, 5) is 31.7. The first-order chi connectivity index (χ1) is 7.01. The third-order valence-corrected chi connectivity index (χ3v) is 1.31. The van der Waals surface area contributed by atoms with Crippen molar-refractivity contribution in [2.45, 2.75) is 6.04 Å². The molecular weight excluding hydrogens is 210 g/mol. The van der Waals surface area contributed by atoms with Crippen molar-refractivity contribution < 1.29 is 33.7 Å². The van der Waals surface area contributed by atoms with Crippen molar-refractivity contribution in [3.63, 3.8) is 0 Å². The molecule has 1 amide bonds. The predicted octanol–water partition coefficient (Wildman–Crippen LogP) is -0.421. The Kier molecular flexibility index (Phi) is 5.60. The van der Waals surface area contributed by atoms with Crippen molar-refractivity contribution in [1.82, 2.24) is 5.32 Å². The van der Waals surface area contributed by atoms with Crippen LogP contribution in [0.5, 0.6) is 0 Å². The average Bonchev–Trinajstić information content (AvgIpc) is 2.22. The van der Waals surface area contributed by atoms with E-state index >= 15 is 0 Å². The number of ether oxygens (including phenoxy) is 3. The van der Waals surface area contributed by atoms with E-state index in [0.717, 1.165) is 14.2 Å². The molecule has 0 rings (SSSR count). The lowest BCUT2D eigenvalue weighted by molar-refractivity contribution is -0.140. The Labute approximate surface area is 85.1 Å². The van der Waals surface area contributed by atoms with Crippen LogP contribution in [0.2, 0.25) is 0 Å². The average molecular weight is 221 g/mol. The number of methoxy groups -OCH3 is 2. The Morgan fingerprint density at radius 3 is 2.27 bits per heavy atom. The lowest BCUT2D eigenvalue weighted by Gasteiger charge is -2.12. The second-order valence-electron chi connectivity index (χ2n) is 2.29. The maximum Gasteiger partial charge on any atom is 0.508 e. The zero-order valence-electron chi connectivity index (χ0n) is 8.18. The molecule has 0 spiro atoms. The van der Waals surface area contributed by atoms with Crippen LogP contribution in [0.25, 0.3) is 0 Å². The van der Waals surface area contributed by atoms with Crippen LogP contribution in [0.1, 0.15) is 0 Å². The number of carbonyl (C=O) groups is 3. The third kappa shape index (κ3) is 5.34. The minimum absolute atomic E-state index is 0.545. The normalized spacial score (nSPS) is 11.1. The summed E-state index contributed by atoms with van der Waals surface area (Å²) in [5.41, 5.74) is 0. The van der Waals surface area contributed by atoms with Crippen molar-refractivity contribution in [3.05, 3.63) is 0 Å². The van der Waals surface area contributed by atoms with E-state index in [9.17, 15) is 14.4 Å². The van der Waals surface area contributed by atoms with E-state index < -0.39 is 30.9 Å². The summed E-state index contributed by atoms with van der Waals surface area (Å²) >= 11 is 0. The zero-order chi connectivity index (χ0) is 11.8. The first-order valence-corrected chi connectivity index (χ1v) is 3.79. The largest absolute Gasteiger partial charge is 0.508 e. The second-order valence-corrected chi connectivity index (χ2v) is 2.29. The van der Waals surface area contributed by atoms with Crippen molar-refractivity contribution >= 4 is 18.2 Å². The topological polar surface area (TPSA) is 111 Å². The molecule has 0 bridgehead atoms. The number of hydrogen-bond acceptors (Lipinski definition) is 6. The summed E-state index contributed by atoms with van der Waals surface area (Å²) < 4.78 is 12.6. The van der Waals surface area contributed by atoms with Crippen LogP contribution in [0.3, 0.4) is 0 Å². The molecule has 15 heavy (non-hydrogen) atoms. The van der Waals surface area contributed by atoms with Crippen molar-refractivity contribution in [2.75, 3.05) is 20.8 Å². The highest BCUT2D eigenvalue weighted by molar-refractivity contribution is 5.80. The Bertz CT molecular complexity index is 252. The van der Waals surface area contributed by atoms with Crippen LogP contribution >= 0.6 is 0 Å². The van der Waals surface area contributed by atoms with Crippen LogP contribution in [0.15, 0.2) is 0 Å². The lowest BCUT2D eigenvalue weighted by atomic mass is 10.3. The number of carbonyl (C=O) groups excluding carboxylic acids is 2. The van der Waals surface area contributed by atoms with Gasteiger partial charge < -0.3 is 24.6 Å². The molecule has 86 valence electrons. The van der Waals surface area contributed by atoms with Crippen LogP contribution in [-0.4, -0.2) is 50.2 Å². The van der Waals surface area contributed by atoms with E-state index in [1.807, 2.05) is 5.32 Å². The molecule has 0 aliphatic carbocycles. The van der Waals surface area contributed by atoms with E-state index in [1.54, 1.807) is 0 Å². The third-order valence-electron chi connectivity index (χ3n) is 1.31. The van der Waals surface area contributed by atoms with Crippen LogP contribution in [-0.2, 0) is 19.0 Å². The fraction of sp³-hybridized carbons (Fsp3) is 0.571. The summed E-state index contributed by atoms with van der Waals surface area (Å²) in [6.45, 7) is -0.545. The Balaban J connectivity index is 4.11. The number of alkyl carbamates (subject to hydrolysis) is 1. The van der Waals surface area contributed by atoms with Crippen molar-refractivity contribution in [2.24, 2.45) is 0 Å². The van der Waals surface area contributed by atoms with Crippen LogP contribution < -0.4 is 5.32 Å². The summed E-state index contributed by atoms with van der Waals surface area (Å²) in [7, 11) is 2.15. The van der Waals surface area contributed by atoms with Gasteiger partial charge in [0, 0.05) is 0 Å². The molecule has 0 aromatic rings. The Morgan fingerprint density at radius 2 is 1.87 bits per heavy atom. The maximum atomic E-state index is 10.7. The lowest BCUT2D eigenvalue weighted by Crippen LogP contribution is -2.44. The molecule has 0 fully saturated rings. The minimum atomic E-state index is -1.38. The number of carboxylic acid groups (broad SMARTS) is 1. The van der Waals surface area contributed by atoms with Gasteiger partial charge >= 0.3 is 18.2 Å². The van der Waals surface area contributed by atoms with Gasteiger partial charge in [0.05, 0.1) is 14.2 Å². The van der Waals surface area contributed by atoms with Gasteiger partial charge in [-0.15, -0.1) is 0 Å². The standard InChI is InChI=1S/C7H11NO7/c1-13-6(11)8-4(5(9)10)3-15-7(12)14-2/h4H,3H2,1-2H3,(H,8,11)(H,9,10)/t4-/m0/s1. The molecule has 1 atom stereocenters. The Morgan fingerprint density at radius 1 is 1.27 bits per heavy atom. The fourth-order valence-corrected chi connectivity index (χ4v) is 0.586. The van der Waals surface area contributed by atoms with Crippen molar-refractivity contribution in [1.29, 1.82) is 0 Å². The van der Waals surface area contributed by atoms with Gasteiger partial charge in [0.2, 0.25) is 0 Å². The molecule has 0 radical (unpaired) electrons. The van der Waals surface area contributed by atoms with Gasteiger partial charge in [-0.2, -0.15) is 0 Å². The zero-order valence-corrected chi connectivity index (χ0v) is 8.18. The van der Waals surface area contributed by atoms with Gasteiger partial charge in [-0.1, -0.05) is 0 Å². The second kappa shape index (κ2) is 6.46. The number of rotatable bonds is 4. The maximum absolute atomic E-state index is 10.7. The SMILES string of the molecule is COC(=O)N[C@@H](COC(=O)OC)C(=O)O. The molecule has 0 aliphatic heterocycles. The summed E-state index contributed by atoms with van der Waals surface area (Å²) in [5.74, 6) is -1.36. The van der Waals surface area contributed by atoms with Gasteiger partial charge in [-0.3, -0.25) is 0 Å². The molecule has 0 unspecified atom stereocenters. The van der Waals surface area contributed by atoms with Gasteiger partial charge in [0.1, 0.15) is 6.61 Å². The molecule has 0 saturated heterocycles. The smallest absolute Gasteiger partial charge is 0.480 e. The Hall–Kier alpha value is -1.99.